The summed E-state index contributed by atoms with van der Waals surface area (Å²) in [6.07, 6.45) is 0.802. The quantitative estimate of drug-likeness (QED) is 0.248. The van der Waals surface area contributed by atoms with Crippen molar-refractivity contribution in [1.29, 1.82) is 0 Å². The van der Waals surface area contributed by atoms with Crippen molar-refractivity contribution in [2.45, 2.75) is 51.9 Å². The van der Waals surface area contributed by atoms with Crippen molar-refractivity contribution in [3.8, 4) is 0 Å². The number of carbonyl (C=O) groups excluding carboxylic acids is 2. The first-order valence-corrected chi connectivity index (χ1v) is 9.93. The summed E-state index contributed by atoms with van der Waals surface area (Å²) in [6.45, 7) is 12.2. The number of Topliss-reactive ketones (excluding diaryl/α,β-unsaturated/α-hetero) is 1. The lowest BCUT2D eigenvalue weighted by Crippen LogP contribution is -2.45. The first kappa shape index (κ1) is 19.9. The van der Waals surface area contributed by atoms with Gasteiger partial charge >= 0.3 is 5.97 Å². The van der Waals surface area contributed by atoms with Crippen LogP contribution in [0.4, 0.5) is 0 Å². The van der Waals surface area contributed by atoms with E-state index in [1.54, 1.807) is 25.9 Å². The predicted octanol–water partition coefficient (Wildman–Crippen LogP) is 2.58. The van der Waals surface area contributed by atoms with Crippen molar-refractivity contribution in [2.24, 2.45) is 0 Å². The van der Waals surface area contributed by atoms with Crippen LogP contribution in [0.15, 0.2) is 11.8 Å². The third-order valence-corrected chi connectivity index (χ3v) is 8.26. The SMILES string of the molecule is COC(=O)/C(=C/N(C)C)C(=O)C(C)O[Si](C)(C)C(C)(C)C. The number of hydrogen-bond donors (Lipinski definition) is 0. The van der Waals surface area contributed by atoms with E-state index in [1.165, 1.54) is 13.3 Å². The molecule has 0 fully saturated rings. The maximum absolute atomic E-state index is 12.5. The number of nitrogens with zero attached hydrogens (tertiary/aromatic N) is 1. The first-order chi connectivity index (χ1) is 9.33. The number of rotatable bonds is 6. The van der Waals surface area contributed by atoms with Gasteiger partial charge in [-0.15, -0.1) is 0 Å². The minimum Gasteiger partial charge on any atom is -0.465 e. The van der Waals surface area contributed by atoms with Crippen molar-refractivity contribution in [2.75, 3.05) is 21.2 Å². The molecule has 0 aromatic carbocycles. The van der Waals surface area contributed by atoms with E-state index in [0.717, 1.165) is 0 Å². The zero-order chi connectivity index (χ0) is 17.0. The van der Waals surface area contributed by atoms with Crippen molar-refractivity contribution < 1.29 is 18.8 Å². The Morgan fingerprint density at radius 2 is 1.67 bits per heavy atom. The Kier molecular flexibility index (Phi) is 6.83. The number of ether oxygens (including phenoxy) is 1. The van der Waals surface area contributed by atoms with Crippen LogP contribution in [0.5, 0.6) is 0 Å². The zero-order valence-electron chi connectivity index (χ0n) is 14.7. The van der Waals surface area contributed by atoms with Crippen LogP contribution in [-0.4, -0.2) is 52.3 Å². The molecule has 0 N–H and O–H groups in total. The average molecular weight is 315 g/mol. The number of ketones is 1. The van der Waals surface area contributed by atoms with Gasteiger partial charge in [-0.05, 0) is 25.1 Å². The maximum Gasteiger partial charge on any atom is 0.343 e. The monoisotopic (exact) mass is 315 g/mol. The molecule has 0 aromatic heterocycles. The number of esters is 1. The summed E-state index contributed by atoms with van der Waals surface area (Å²) in [5.41, 5.74) is 0.00806. The molecule has 0 radical (unpaired) electrons. The fourth-order valence-corrected chi connectivity index (χ4v) is 2.82. The second-order valence-corrected chi connectivity index (χ2v) is 11.6. The summed E-state index contributed by atoms with van der Waals surface area (Å²) in [6, 6.07) is 0. The second kappa shape index (κ2) is 7.22. The third kappa shape index (κ3) is 5.63. The molecule has 6 heteroatoms. The van der Waals surface area contributed by atoms with Crippen LogP contribution in [0.1, 0.15) is 27.7 Å². The second-order valence-electron chi connectivity index (χ2n) is 6.88. The van der Waals surface area contributed by atoms with Gasteiger partial charge in [0.05, 0.1) is 7.11 Å². The van der Waals surface area contributed by atoms with Crippen LogP contribution in [0.25, 0.3) is 0 Å². The summed E-state index contributed by atoms with van der Waals surface area (Å²) in [7, 11) is 2.68. The van der Waals surface area contributed by atoms with E-state index in [9.17, 15) is 9.59 Å². The van der Waals surface area contributed by atoms with E-state index in [2.05, 4.69) is 38.6 Å². The molecule has 5 nitrogen and oxygen atoms in total. The standard InChI is InChI=1S/C15H29NO4Si/c1-11(20-21(8,9)15(2,3)4)13(17)12(10-16(5)6)14(18)19-7/h10-11H,1-9H3/b12-10+. The summed E-state index contributed by atoms with van der Waals surface area (Å²) < 4.78 is 10.7. The van der Waals surface area contributed by atoms with Crippen molar-refractivity contribution >= 4 is 20.1 Å². The lowest BCUT2D eigenvalue weighted by atomic mass is 10.1. The maximum atomic E-state index is 12.5. The molecule has 0 aliphatic rings. The molecule has 0 saturated heterocycles. The normalized spacial score (nSPS) is 14.6. The van der Waals surface area contributed by atoms with Gasteiger partial charge in [0.25, 0.3) is 0 Å². The van der Waals surface area contributed by atoms with Crippen LogP contribution in [0, 0.1) is 0 Å². The van der Waals surface area contributed by atoms with E-state index < -0.39 is 20.4 Å². The summed E-state index contributed by atoms with van der Waals surface area (Å²) in [5.74, 6) is -0.986. The number of hydrogen-bond acceptors (Lipinski definition) is 5. The summed E-state index contributed by atoms with van der Waals surface area (Å²) in [5, 5.41) is -0.00176. The Hall–Kier alpha value is -1.14. The summed E-state index contributed by atoms with van der Waals surface area (Å²) in [4.78, 5) is 25.9. The van der Waals surface area contributed by atoms with Gasteiger partial charge in [0, 0.05) is 20.3 Å². The highest BCUT2D eigenvalue weighted by atomic mass is 28.4. The van der Waals surface area contributed by atoms with Crippen molar-refractivity contribution in [3.63, 3.8) is 0 Å². The molecule has 0 bridgehead atoms. The molecule has 1 unspecified atom stereocenters. The molecular weight excluding hydrogens is 286 g/mol. The molecule has 0 spiro atoms. The van der Waals surface area contributed by atoms with E-state index >= 15 is 0 Å². The molecule has 0 aromatic rings. The zero-order valence-corrected chi connectivity index (χ0v) is 15.7. The minimum absolute atomic E-state index is 0.00176. The van der Waals surface area contributed by atoms with Gasteiger partial charge in [-0.1, -0.05) is 20.8 Å². The fraction of sp³-hybridized carbons (Fsp3) is 0.733. The molecular formula is C15H29NO4Si. The highest BCUT2D eigenvalue weighted by Gasteiger charge is 2.40. The van der Waals surface area contributed by atoms with E-state index in [-0.39, 0.29) is 16.4 Å². The molecule has 0 amide bonds. The highest BCUT2D eigenvalue weighted by Crippen LogP contribution is 2.37. The van der Waals surface area contributed by atoms with Crippen LogP contribution in [0.3, 0.4) is 0 Å². The Morgan fingerprint density at radius 3 is 2.00 bits per heavy atom. The third-order valence-electron chi connectivity index (χ3n) is 3.70. The van der Waals surface area contributed by atoms with Gasteiger partial charge in [0.1, 0.15) is 11.7 Å². The molecule has 122 valence electrons. The van der Waals surface area contributed by atoms with Crippen molar-refractivity contribution in [3.05, 3.63) is 11.8 Å². The molecule has 0 saturated carbocycles. The van der Waals surface area contributed by atoms with Gasteiger partial charge in [0.15, 0.2) is 14.1 Å². The first-order valence-electron chi connectivity index (χ1n) is 7.02. The molecule has 0 rings (SSSR count). The average Bonchev–Trinajstić information content (AvgIpc) is 2.31. The molecule has 0 heterocycles. The van der Waals surface area contributed by atoms with Crippen LogP contribution in [-0.2, 0) is 18.8 Å². The van der Waals surface area contributed by atoms with E-state index in [4.69, 9.17) is 4.43 Å². The topological polar surface area (TPSA) is 55.8 Å². The Morgan fingerprint density at radius 1 is 1.19 bits per heavy atom. The van der Waals surface area contributed by atoms with E-state index in [1.807, 2.05) is 0 Å². The lowest BCUT2D eigenvalue weighted by molar-refractivity contribution is -0.139. The smallest absolute Gasteiger partial charge is 0.343 e. The fourth-order valence-electron chi connectivity index (χ4n) is 1.48. The Labute approximate surface area is 129 Å². The molecule has 0 aliphatic carbocycles. The van der Waals surface area contributed by atoms with Gasteiger partial charge < -0.3 is 14.1 Å². The number of carbonyl (C=O) groups is 2. The molecule has 0 aliphatic heterocycles. The highest BCUT2D eigenvalue weighted by molar-refractivity contribution is 6.74. The van der Waals surface area contributed by atoms with Gasteiger partial charge in [-0.2, -0.15) is 0 Å². The Balaban J connectivity index is 5.26. The van der Waals surface area contributed by atoms with Crippen LogP contribution < -0.4 is 0 Å². The Bertz CT molecular complexity index is 422. The van der Waals surface area contributed by atoms with Gasteiger partial charge in [0.2, 0.25) is 0 Å². The number of methoxy groups -OCH3 is 1. The molecule has 1 atom stereocenters. The largest absolute Gasteiger partial charge is 0.465 e. The van der Waals surface area contributed by atoms with Crippen LogP contribution in [0.2, 0.25) is 18.1 Å². The van der Waals surface area contributed by atoms with Crippen molar-refractivity contribution in [1.82, 2.24) is 4.90 Å². The van der Waals surface area contributed by atoms with E-state index in [0.29, 0.717) is 0 Å². The minimum atomic E-state index is -2.08. The van der Waals surface area contributed by atoms with Gasteiger partial charge in [-0.3, -0.25) is 4.79 Å². The van der Waals surface area contributed by atoms with Gasteiger partial charge in [-0.25, -0.2) is 4.79 Å². The predicted molar refractivity (Wildman–Crippen MR) is 86.5 cm³/mol. The van der Waals surface area contributed by atoms with Crippen LogP contribution >= 0.6 is 0 Å². The lowest BCUT2D eigenvalue weighted by Gasteiger charge is -2.38. The molecule has 21 heavy (non-hydrogen) atoms. The summed E-state index contributed by atoms with van der Waals surface area (Å²) >= 11 is 0.